The maximum absolute atomic E-state index is 13.5. The number of imide groups is 1. The van der Waals surface area contributed by atoms with Crippen molar-refractivity contribution in [1.82, 2.24) is 0 Å². The van der Waals surface area contributed by atoms with Crippen LogP contribution in [0, 0.1) is 5.92 Å². The minimum Gasteiger partial charge on any atom is -0.273 e. The Hall–Kier alpha value is -2.48. The molecule has 3 aromatic carbocycles. The molecule has 2 amide bonds. The van der Waals surface area contributed by atoms with Crippen LogP contribution in [0.25, 0.3) is 0 Å². The maximum atomic E-state index is 13.5. The van der Waals surface area contributed by atoms with E-state index in [9.17, 15) is 9.59 Å². The number of carbonyl (C=O) groups excluding carboxylic acids is 2. The quantitative estimate of drug-likeness (QED) is 0.436. The third-order valence-electron chi connectivity index (χ3n) is 5.42. The zero-order valence-corrected chi connectivity index (χ0v) is 18.8. The molecule has 0 aromatic heterocycles. The predicted octanol–water partition coefficient (Wildman–Crippen LogP) is 5.26. The van der Waals surface area contributed by atoms with E-state index in [-0.39, 0.29) is 11.8 Å². The highest BCUT2D eigenvalue weighted by Gasteiger charge is 2.60. The van der Waals surface area contributed by atoms with Crippen molar-refractivity contribution in [2.24, 2.45) is 5.92 Å². The van der Waals surface area contributed by atoms with Gasteiger partial charge < -0.3 is 0 Å². The van der Waals surface area contributed by atoms with Crippen molar-refractivity contribution in [2.45, 2.75) is 12.1 Å². The van der Waals surface area contributed by atoms with E-state index in [1.807, 2.05) is 66.7 Å². The molecule has 7 heteroatoms. The predicted molar refractivity (Wildman–Crippen MR) is 121 cm³/mol. The summed E-state index contributed by atoms with van der Waals surface area (Å²) in [6, 6.07) is 24.0. The third kappa shape index (κ3) is 3.17. The molecule has 0 unspecified atom stereocenters. The lowest BCUT2D eigenvalue weighted by molar-refractivity contribution is -0.126. The number of fused-ring (bicyclic) bond motifs is 1. The van der Waals surface area contributed by atoms with Crippen LogP contribution in [-0.4, -0.2) is 17.9 Å². The second kappa shape index (κ2) is 7.65. The standard InChI is InChI=1S/C23H16Br2N2O3/c24-15-8-6-14(7-9-15)20-19-21(30-27(20)18-4-2-1-3-5-18)23(29)26(22(19)28)17-12-10-16(25)11-13-17/h1-13,19-21H/t19-,20-,21+/m0/s1. The van der Waals surface area contributed by atoms with E-state index in [4.69, 9.17) is 4.84 Å². The molecular formula is C23H16Br2N2O3. The number of hydroxylamine groups is 1. The number of benzene rings is 3. The normalized spacial score (nSPS) is 23.2. The smallest absolute Gasteiger partial charge is 0.266 e. The first-order valence-electron chi connectivity index (χ1n) is 9.44. The van der Waals surface area contributed by atoms with Crippen LogP contribution in [-0.2, 0) is 14.4 Å². The monoisotopic (exact) mass is 526 g/mol. The molecule has 150 valence electrons. The van der Waals surface area contributed by atoms with Crippen LogP contribution in [0.1, 0.15) is 11.6 Å². The van der Waals surface area contributed by atoms with Gasteiger partial charge in [0, 0.05) is 8.95 Å². The molecule has 0 N–H and O–H groups in total. The molecule has 2 aliphatic heterocycles. The van der Waals surface area contributed by atoms with Gasteiger partial charge in [-0.1, -0.05) is 62.2 Å². The van der Waals surface area contributed by atoms with Crippen molar-refractivity contribution in [3.63, 3.8) is 0 Å². The van der Waals surface area contributed by atoms with E-state index in [1.165, 1.54) is 4.90 Å². The van der Waals surface area contributed by atoms with Gasteiger partial charge in [-0.15, -0.1) is 0 Å². The lowest BCUT2D eigenvalue weighted by atomic mass is 9.90. The highest BCUT2D eigenvalue weighted by atomic mass is 79.9. The van der Waals surface area contributed by atoms with Crippen LogP contribution in [0.4, 0.5) is 11.4 Å². The molecule has 0 bridgehead atoms. The Bertz CT molecular complexity index is 1100. The molecule has 0 aliphatic carbocycles. The van der Waals surface area contributed by atoms with Crippen molar-refractivity contribution >= 4 is 55.0 Å². The minimum absolute atomic E-state index is 0.251. The molecule has 2 heterocycles. The van der Waals surface area contributed by atoms with Crippen LogP contribution in [0.15, 0.2) is 87.8 Å². The van der Waals surface area contributed by atoms with Gasteiger partial charge in [0.05, 0.1) is 17.4 Å². The Morgan fingerprint density at radius 2 is 1.30 bits per heavy atom. The summed E-state index contributed by atoms with van der Waals surface area (Å²) in [6.45, 7) is 0. The summed E-state index contributed by atoms with van der Waals surface area (Å²) in [5.41, 5.74) is 2.26. The number of anilines is 2. The molecule has 0 radical (unpaired) electrons. The fourth-order valence-electron chi connectivity index (χ4n) is 4.06. The summed E-state index contributed by atoms with van der Waals surface area (Å²) in [5, 5.41) is 1.70. The molecule has 0 spiro atoms. The summed E-state index contributed by atoms with van der Waals surface area (Å²) < 4.78 is 1.82. The first-order valence-corrected chi connectivity index (χ1v) is 11.0. The van der Waals surface area contributed by atoms with E-state index < -0.39 is 18.1 Å². The van der Waals surface area contributed by atoms with Gasteiger partial charge in [-0.3, -0.25) is 14.4 Å². The summed E-state index contributed by atoms with van der Waals surface area (Å²) in [6.07, 6.45) is -0.866. The van der Waals surface area contributed by atoms with Crippen LogP contribution < -0.4 is 9.96 Å². The van der Waals surface area contributed by atoms with Gasteiger partial charge >= 0.3 is 0 Å². The topological polar surface area (TPSA) is 49.9 Å². The fraction of sp³-hybridized carbons (Fsp3) is 0.130. The van der Waals surface area contributed by atoms with Gasteiger partial charge in [-0.25, -0.2) is 9.96 Å². The van der Waals surface area contributed by atoms with Crippen LogP contribution >= 0.6 is 31.9 Å². The molecule has 0 saturated carbocycles. The summed E-state index contributed by atoms with van der Waals surface area (Å²) in [7, 11) is 0. The van der Waals surface area contributed by atoms with Crippen molar-refractivity contribution in [3.8, 4) is 0 Å². The summed E-state index contributed by atoms with van der Waals surface area (Å²) >= 11 is 6.85. The Labute approximate surface area is 190 Å². The first-order chi connectivity index (χ1) is 14.5. The van der Waals surface area contributed by atoms with Crippen LogP contribution in [0.2, 0.25) is 0 Å². The zero-order valence-electron chi connectivity index (χ0n) is 15.6. The van der Waals surface area contributed by atoms with Crippen LogP contribution in [0.3, 0.4) is 0 Å². The molecular weight excluding hydrogens is 512 g/mol. The van der Waals surface area contributed by atoms with E-state index in [0.29, 0.717) is 5.69 Å². The van der Waals surface area contributed by atoms with Gasteiger partial charge in [-0.05, 0) is 54.1 Å². The number of rotatable bonds is 3. The SMILES string of the molecule is O=C1[C@@H]2[C@@H](ON(c3ccccc3)[C@H]2c2ccc(Br)cc2)C(=O)N1c1ccc(Br)cc1. The Kier molecular flexibility index (Phi) is 4.97. The number of halogens is 2. The van der Waals surface area contributed by atoms with Gasteiger partial charge in [-0.2, -0.15) is 0 Å². The highest BCUT2D eigenvalue weighted by Crippen LogP contribution is 2.47. The molecule has 3 atom stereocenters. The average Bonchev–Trinajstić information content (AvgIpc) is 3.27. The average molecular weight is 528 g/mol. The van der Waals surface area contributed by atoms with E-state index >= 15 is 0 Å². The van der Waals surface area contributed by atoms with Gasteiger partial charge in [0.1, 0.15) is 5.92 Å². The summed E-state index contributed by atoms with van der Waals surface area (Å²) in [5.74, 6) is -1.23. The Balaban J connectivity index is 1.58. The number of para-hydroxylation sites is 1. The zero-order chi connectivity index (χ0) is 20.8. The van der Waals surface area contributed by atoms with Gasteiger partial charge in [0.25, 0.3) is 5.91 Å². The van der Waals surface area contributed by atoms with Crippen molar-refractivity contribution in [1.29, 1.82) is 0 Å². The van der Waals surface area contributed by atoms with Crippen molar-refractivity contribution < 1.29 is 14.4 Å². The molecule has 30 heavy (non-hydrogen) atoms. The number of hydrogen-bond donors (Lipinski definition) is 0. The molecule has 2 fully saturated rings. The van der Waals surface area contributed by atoms with E-state index in [1.54, 1.807) is 17.2 Å². The highest BCUT2D eigenvalue weighted by molar-refractivity contribution is 9.10. The Morgan fingerprint density at radius 3 is 1.93 bits per heavy atom. The minimum atomic E-state index is -0.866. The molecule has 5 nitrogen and oxygen atoms in total. The second-order valence-electron chi connectivity index (χ2n) is 7.20. The number of amides is 2. The molecule has 3 aromatic rings. The second-order valence-corrected chi connectivity index (χ2v) is 9.03. The number of hydrogen-bond acceptors (Lipinski definition) is 4. The summed E-state index contributed by atoms with van der Waals surface area (Å²) in [4.78, 5) is 34.1. The fourth-order valence-corrected chi connectivity index (χ4v) is 4.59. The molecule has 5 rings (SSSR count). The first kappa shape index (κ1) is 19.5. The van der Waals surface area contributed by atoms with E-state index in [2.05, 4.69) is 31.9 Å². The maximum Gasteiger partial charge on any atom is 0.266 e. The number of carbonyl (C=O) groups is 2. The van der Waals surface area contributed by atoms with Crippen LogP contribution in [0.5, 0.6) is 0 Å². The van der Waals surface area contributed by atoms with Gasteiger partial charge in [0.2, 0.25) is 5.91 Å². The van der Waals surface area contributed by atoms with E-state index in [0.717, 1.165) is 20.2 Å². The number of nitrogens with zero attached hydrogens (tertiary/aromatic N) is 2. The largest absolute Gasteiger partial charge is 0.273 e. The molecule has 2 aliphatic rings. The third-order valence-corrected chi connectivity index (χ3v) is 6.48. The van der Waals surface area contributed by atoms with Crippen molar-refractivity contribution in [3.05, 3.63) is 93.4 Å². The Morgan fingerprint density at radius 1 is 0.700 bits per heavy atom. The van der Waals surface area contributed by atoms with Crippen molar-refractivity contribution in [2.75, 3.05) is 9.96 Å². The van der Waals surface area contributed by atoms with Gasteiger partial charge in [0.15, 0.2) is 6.10 Å². The lowest BCUT2D eigenvalue weighted by Crippen LogP contribution is -2.37. The molecule has 2 saturated heterocycles. The lowest BCUT2D eigenvalue weighted by Gasteiger charge is -2.28.